The summed E-state index contributed by atoms with van der Waals surface area (Å²) < 4.78 is 0. The summed E-state index contributed by atoms with van der Waals surface area (Å²) in [6.07, 6.45) is 5.68. The van der Waals surface area contributed by atoms with Crippen LogP contribution in [0, 0.1) is 0 Å². The first-order chi connectivity index (χ1) is 9.31. The molecular formula is C14H15N3OS. The number of benzene rings is 1. The minimum Gasteiger partial charge on any atom is -0.308 e. The van der Waals surface area contributed by atoms with Crippen LogP contribution < -0.4 is 10.6 Å². The van der Waals surface area contributed by atoms with E-state index in [0.717, 1.165) is 5.69 Å². The fourth-order valence-electron chi connectivity index (χ4n) is 2.01. The predicted molar refractivity (Wildman–Crippen MR) is 77.8 cm³/mol. The number of nitrogens with one attached hydrogen (secondary N) is 2. The molecule has 0 saturated heterocycles. The van der Waals surface area contributed by atoms with Gasteiger partial charge in [-0.05, 0) is 30.9 Å². The number of carbonyl (C=O) groups excluding carboxylic acids is 1. The summed E-state index contributed by atoms with van der Waals surface area (Å²) in [5.74, 6) is 0.658. The lowest BCUT2D eigenvalue weighted by molar-refractivity contribution is 0.262. The molecule has 2 amide bonds. The molecule has 1 heterocycles. The van der Waals surface area contributed by atoms with Crippen LogP contribution in [0.3, 0.4) is 0 Å². The average Bonchev–Trinajstić information content (AvgIpc) is 2.76. The standard InChI is InChI=1S/C14H15N3OS/c18-13(16-11-7-2-1-3-8-11)17-14-15-9-12(19-14)10-5-4-6-10/h1-3,7-10H,4-6H2,(H2,15,16,17,18). The second-order valence-corrected chi connectivity index (χ2v) is 5.70. The number of rotatable bonds is 3. The van der Waals surface area contributed by atoms with Gasteiger partial charge >= 0.3 is 6.03 Å². The lowest BCUT2D eigenvalue weighted by atomic mass is 9.85. The van der Waals surface area contributed by atoms with Crippen LogP contribution in [0.2, 0.25) is 0 Å². The molecule has 0 aliphatic heterocycles. The average molecular weight is 273 g/mol. The van der Waals surface area contributed by atoms with E-state index in [1.807, 2.05) is 36.5 Å². The van der Waals surface area contributed by atoms with Crippen molar-refractivity contribution >= 4 is 28.2 Å². The fourth-order valence-corrected chi connectivity index (χ4v) is 2.99. The first kappa shape index (κ1) is 12.2. The van der Waals surface area contributed by atoms with Crippen LogP contribution in [0.4, 0.5) is 15.6 Å². The van der Waals surface area contributed by atoms with Crippen molar-refractivity contribution in [3.05, 3.63) is 41.4 Å². The van der Waals surface area contributed by atoms with Crippen molar-refractivity contribution in [2.24, 2.45) is 0 Å². The van der Waals surface area contributed by atoms with Crippen LogP contribution in [0.25, 0.3) is 0 Å². The molecule has 19 heavy (non-hydrogen) atoms. The molecule has 0 bridgehead atoms. The van der Waals surface area contributed by atoms with Gasteiger partial charge in [0.2, 0.25) is 0 Å². The normalized spacial score (nSPS) is 14.7. The Kier molecular flexibility index (Phi) is 3.46. The van der Waals surface area contributed by atoms with Gasteiger partial charge < -0.3 is 5.32 Å². The van der Waals surface area contributed by atoms with E-state index in [1.165, 1.54) is 24.1 Å². The van der Waals surface area contributed by atoms with Crippen LogP contribution in [-0.4, -0.2) is 11.0 Å². The molecule has 1 aliphatic rings. The molecular weight excluding hydrogens is 258 g/mol. The maximum absolute atomic E-state index is 11.8. The molecule has 98 valence electrons. The molecule has 2 N–H and O–H groups in total. The van der Waals surface area contributed by atoms with E-state index in [9.17, 15) is 4.79 Å². The lowest BCUT2D eigenvalue weighted by Gasteiger charge is -2.23. The molecule has 1 aromatic heterocycles. The second-order valence-electron chi connectivity index (χ2n) is 4.64. The van der Waals surface area contributed by atoms with Gasteiger partial charge in [-0.3, -0.25) is 5.32 Å². The summed E-state index contributed by atoms with van der Waals surface area (Å²) in [4.78, 5) is 17.3. The molecule has 1 aliphatic carbocycles. The second kappa shape index (κ2) is 5.40. The molecule has 5 heteroatoms. The van der Waals surface area contributed by atoms with E-state index in [2.05, 4.69) is 15.6 Å². The zero-order chi connectivity index (χ0) is 13.1. The Hall–Kier alpha value is -1.88. The van der Waals surface area contributed by atoms with Gasteiger partial charge in [-0.15, -0.1) is 11.3 Å². The quantitative estimate of drug-likeness (QED) is 0.886. The number of nitrogens with zero attached hydrogens (tertiary/aromatic N) is 1. The number of hydrogen-bond acceptors (Lipinski definition) is 3. The fraction of sp³-hybridized carbons (Fsp3) is 0.286. The van der Waals surface area contributed by atoms with Gasteiger partial charge in [0.05, 0.1) is 0 Å². The number of hydrogen-bond donors (Lipinski definition) is 2. The molecule has 1 saturated carbocycles. The van der Waals surface area contributed by atoms with Gasteiger partial charge in [0.1, 0.15) is 0 Å². The summed E-state index contributed by atoms with van der Waals surface area (Å²) in [6.45, 7) is 0. The zero-order valence-corrected chi connectivity index (χ0v) is 11.2. The highest BCUT2D eigenvalue weighted by atomic mass is 32.1. The summed E-state index contributed by atoms with van der Waals surface area (Å²) in [7, 11) is 0. The Bertz CT molecular complexity index is 563. The summed E-state index contributed by atoms with van der Waals surface area (Å²) >= 11 is 1.57. The maximum Gasteiger partial charge on any atom is 0.325 e. The molecule has 0 unspecified atom stereocenters. The van der Waals surface area contributed by atoms with Crippen molar-refractivity contribution in [3.63, 3.8) is 0 Å². The summed E-state index contributed by atoms with van der Waals surface area (Å²) in [6, 6.07) is 9.12. The van der Waals surface area contributed by atoms with E-state index in [-0.39, 0.29) is 6.03 Å². The Morgan fingerprint density at radius 1 is 1.21 bits per heavy atom. The van der Waals surface area contributed by atoms with Crippen LogP contribution in [0.5, 0.6) is 0 Å². The Morgan fingerprint density at radius 2 is 2.00 bits per heavy atom. The topological polar surface area (TPSA) is 54.0 Å². The first-order valence-corrected chi connectivity index (χ1v) is 7.22. The number of urea groups is 1. The van der Waals surface area contributed by atoms with Crippen molar-refractivity contribution in [3.8, 4) is 0 Å². The largest absolute Gasteiger partial charge is 0.325 e. The van der Waals surface area contributed by atoms with Gasteiger partial charge in [0.15, 0.2) is 5.13 Å². The monoisotopic (exact) mass is 273 g/mol. The molecule has 4 nitrogen and oxygen atoms in total. The highest BCUT2D eigenvalue weighted by Gasteiger charge is 2.22. The zero-order valence-electron chi connectivity index (χ0n) is 10.4. The highest BCUT2D eigenvalue weighted by molar-refractivity contribution is 7.15. The number of para-hydroxylation sites is 1. The minimum absolute atomic E-state index is 0.249. The number of thiazole rings is 1. The molecule has 3 rings (SSSR count). The van der Waals surface area contributed by atoms with Crippen molar-refractivity contribution < 1.29 is 4.79 Å². The molecule has 2 aromatic rings. The van der Waals surface area contributed by atoms with Gasteiger partial charge in [-0.1, -0.05) is 24.6 Å². The van der Waals surface area contributed by atoms with Gasteiger partial charge in [-0.2, -0.15) is 0 Å². The third-order valence-corrected chi connectivity index (χ3v) is 4.36. The maximum atomic E-state index is 11.8. The first-order valence-electron chi connectivity index (χ1n) is 6.40. The Labute approximate surface area is 115 Å². The smallest absolute Gasteiger partial charge is 0.308 e. The Balaban J connectivity index is 1.58. The van der Waals surface area contributed by atoms with E-state index >= 15 is 0 Å². The van der Waals surface area contributed by atoms with E-state index < -0.39 is 0 Å². The van der Waals surface area contributed by atoms with Crippen LogP contribution >= 0.6 is 11.3 Å². The number of amides is 2. The van der Waals surface area contributed by atoms with Crippen molar-refractivity contribution in [1.82, 2.24) is 4.98 Å². The van der Waals surface area contributed by atoms with Gasteiger partial charge in [-0.25, -0.2) is 9.78 Å². The van der Waals surface area contributed by atoms with E-state index in [1.54, 1.807) is 11.3 Å². The van der Waals surface area contributed by atoms with Crippen molar-refractivity contribution in [2.45, 2.75) is 25.2 Å². The van der Waals surface area contributed by atoms with Crippen LogP contribution in [0.1, 0.15) is 30.1 Å². The SMILES string of the molecule is O=C(Nc1ccccc1)Nc1ncc(C2CCC2)s1. The number of carbonyl (C=O) groups is 1. The Morgan fingerprint density at radius 3 is 2.68 bits per heavy atom. The van der Waals surface area contributed by atoms with Crippen LogP contribution in [-0.2, 0) is 0 Å². The lowest BCUT2D eigenvalue weighted by Crippen LogP contribution is -2.19. The van der Waals surface area contributed by atoms with E-state index in [4.69, 9.17) is 0 Å². The van der Waals surface area contributed by atoms with Gasteiger partial charge in [0.25, 0.3) is 0 Å². The molecule has 1 fully saturated rings. The van der Waals surface area contributed by atoms with E-state index in [0.29, 0.717) is 11.0 Å². The van der Waals surface area contributed by atoms with Crippen LogP contribution in [0.15, 0.2) is 36.5 Å². The summed E-state index contributed by atoms with van der Waals surface area (Å²) in [5, 5.41) is 6.21. The third-order valence-electron chi connectivity index (χ3n) is 3.28. The van der Waals surface area contributed by atoms with Crippen molar-refractivity contribution in [1.29, 1.82) is 0 Å². The van der Waals surface area contributed by atoms with Crippen molar-refractivity contribution in [2.75, 3.05) is 10.6 Å². The summed E-state index contributed by atoms with van der Waals surface area (Å²) in [5.41, 5.74) is 0.774. The highest BCUT2D eigenvalue weighted by Crippen LogP contribution is 2.39. The third kappa shape index (κ3) is 2.93. The molecule has 0 spiro atoms. The molecule has 0 radical (unpaired) electrons. The number of anilines is 2. The molecule has 1 aromatic carbocycles. The number of aromatic nitrogens is 1. The predicted octanol–water partition coefficient (Wildman–Crippen LogP) is 4.05. The van der Waals surface area contributed by atoms with Gasteiger partial charge in [0, 0.05) is 16.8 Å². The minimum atomic E-state index is -0.249. The molecule has 0 atom stereocenters.